The molecule has 254 valence electrons. The van der Waals surface area contributed by atoms with Crippen molar-refractivity contribution in [3.05, 3.63) is 120 Å². The van der Waals surface area contributed by atoms with Crippen LogP contribution in [0, 0.1) is 11.3 Å². The molecular formula is C40H36N2O7S. The molecule has 5 aromatic rings. The number of carbonyl (C=O) groups excluding carboxylic acids is 3. The number of benzene rings is 4. The molecule has 0 N–H and O–H groups in total. The number of rotatable bonds is 16. The highest BCUT2D eigenvalue weighted by Gasteiger charge is 2.21. The predicted molar refractivity (Wildman–Crippen MR) is 192 cm³/mol. The monoisotopic (exact) mass is 688 g/mol. The molecule has 5 rings (SSSR count). The number of ether oxygens (including phenoxy) is 4. The predicted octanol–water partition coefficient (Wildman–Crippen LogP) is 8.89. The highest BCUT2D eigenvalue weighted by atomic mass is 32.1. The summed E-state index contributed by atoms with van der Waals surface area (Å²) < 4.78 is 23.0. The van der Waals surface area contributed by atoms with E-state index >= 15 is 0 Å². The number of carbonyl (C=O) groups is 3. The van der Waals surface area contributed by atoms with Crippen molar-refractivity contribution in [2.24, 2.45) is 0 Å². The topological polar surface area (TPSA) is 125 Å². The molecule has 10 heteroatoms. The number of esters is 3. The number of hydrogen-bond donors (Lipinski definition) is 0. The molecule has 0 unspecified atom stereocenters. The average Bonchev–Trinajstić information content (AvgIpc) is 3.61. The molecule has 0 saturated heterocycles. The molecule has 0 bridgehead atoms. The number of nitrogens with zero attached hydrogens (tertiary/aromatic N) is 2. The summed E-state index contributed by atoms with van der Waals surface area (Å²) in [6.45, 7) is 6.36. The summed E-state index contributed by atoms with van der Waals surface area (Å²) in [6, 6.07) is 26.3. The van der Waals surface area contributed by atoms with Crippen molar-refractivity contribution in [3.63, 3.8) is 0 Å². The Morgan fingerprint density at radius 2 is 1.42 bits per heavy atom. The fraction of sp³-hybridized carbons (Fsp3) is 0.225. The minimum absolute atomic E-state index is 0.233. The molecule has 0 spiro atoms. The lowest BCUT2D eigenvalue weighted by Crippen LogP contribution is -2.10. The first-order valence-corrected chi connectivity index (χ1v) is 17.2. The third-order valence-electron chi connectivity index (χ3n) is 7.67. The van der Waals surface area contributed by atoms with Crippen LogP contribution < -0.4 is 14.2 Å². The number of thiazole rings is 1. The number of unbranched alkanes of at least 4 members (excludes halogenated alkanes) is 3. The molecule has 0 saturated carbocycles. The van der Waals surface area contributed by atoms with Crippen LogP contribution in [0.5, 0.6) is 17.2 Å². The van der Waals surface area contributed by atoms with E-state index in [2.05, 4.69) is 19.6 Å². The first-order chi connectivity index (χ1) is 24.4. The maximum Gasteiger partial charge on any atom is 0.343 e. The molecule has 1 aromatic heterocycles. The highest BCUT2D eigenvalue weighted by molar-refractivity contribution is 7.22. The number of nitriles is 1. The molecule has 9 nitrogen and oxygen atoms in total. The average molecular weight is 689 g/mol. The van der Waals surface area contributed by atoms with Crippen molar-refractivity contribution in [1.82, 2.24) is 4.98 Å². The van der Waals surface area contributed by atoms with Gasteiger partial charge in [-0.05, 0) is 98.3 Å². The van der Waals surface area contributed by atoms with Gasteiger partial charge >= 0.3 is 17.9 Å². The number of fused-ring (bicyclic) bond motifs is 1. The standard InChI is InChI=1S/C40H36N2O7S/c1-3-9-27-10-16-30(17-11-27)39(44)48-33-22-23-34(37-36(33)42-38(50-37)29-14-12-28(26-41)13-15-29)49-40(45)31-18-20-32(21-19-31)46-24-7-5-6-8-25-47-35(43)4-2/h4,10-23H,2-3,5-9,24-25H2,1H3. The summed E-state index contributed by atoms with van der Waals surface area (Å²) in [6.07, 6.45) is 6.54. The van der Waals surface area contributed by atoms with E-state index < -0.39 is 17.9 Å². The number of aromatic nitrogens is 1. The van der Waals surface area contributed by atoms with Crippen LogP contribution in [-0.2, 0) is 16.0 Å². The maximum absolute atomic E-state index is 13.3. The fourth-order valence-corrected chi connectivity index (χ4v) is 6.05. The Labute approximate surface area is 294 Å². The number of hydrogen-bond acceptors (Lipinski definition) is 10. The summed E-state index contributed by atoms with van der Waals surface area (Å²) in [5.74, 6) is -0.376. The quantitative estimate of drug-likeness (QED) is 0.0432. The summed E-state index contributed by atoms with van der Waals surface area (Å²) in [4.78, 5) is 42.2. The van der Waals surface area contributed by atoms with Crippen molar-refractivity contribution in [2.45, 2.75) is 45.4 Å². The zero-order valence-electron chi connectivity index (χ0n) is 27.7. The van der Waals surface area contributed by atoms with Gasteiger partial charge in [-0.3, -0.25) is 0 Å². The Kier molecular flexibility index (Phi) is 12.5. The van der Waals surface area contributed by atoms with Crippen molar-refractivity contribution in [1.29, 1.82) is 5.26 Å². The summed E-state index contributed by atoms with van der Waals surface area (Å²) in [7, 11) is 0. The first-order valence-electron chi connectivity index (χ1n) is 16.4. The number of aryl methyl sites for hydroxylation is 1. The van der Waals surface area contributed by atoms with Crippen LogP contribution in [0.25, 0.3) is 20.8 Å². The van der Waals surface area contributed by atoms with Crippen molar-refractivity contribution in [2.75, 3.05) is 13.2 Å². The lowest BCUT2D eigenvalue weighted by molar-refractivity contribution is -0.137. The minimum Gasteiger partial charge on any atom is -0.494 e. The molecule has 0 fully saturated rings. The molecule has 0 amide bonds. The Morgan fingerprint density at radius 3 is 2.06 bits per heavy atom. The molecular weight excluding hydrogens is 653 g/mol. The largest absolute Gasteiger partial charge is 0.494 e. The molecule has 1 heterocycles. The summed E-state index contributed by atoms with van der Waals surface area (Å²) >= 11 is 1.29. The van der Waals surface area contributed by atoms with Crippen molar-refractivity contribution in [3.8, 4) is 33.9 Å². The van der Waals surface area contributed by atoms with E-state index in [1.165, 1.54) is 11.3 Å². The molecule has 0 radical (unpaired) electrons. The second-order valence-electron chi connectivity index (χ2n) is 11.3. The zero-order valence-corrected chi connectivity index (χ0v) is 28.5. The van der Waals surface area contributed by atoms with Crippen LogP contribution in [0.3, 0.4) is 0 Å². The van der Waals surface area contributed by atoms with Crippen LogP contribution in [0.4, 0.5) is 0 Å². The third kappa shape index (κ3) is 9.43. The van der Waals surface area contributed by atoms with Gasteiger partial charge in [0.2, 0.25) is 0 Å². The van der Waals surface area contributed by atoms with Gasteiger partial charge < -0.3 is 18.9 Å². The molecule has 0 atom stereocenters. The maximum atomic E-state index is 13.3. The van der Waals surface area contributed by atoms with Crippen LogP contribution >= 0.6 is 11.3 Å². The highest BCUT2D eigenvalue weighted by Crippen LogP contribution is 2.41. The first kappa shape index (κ1) is 35.5. The van der Waals surface area contributed by atoms with E-state index in [9.17, 15) is 19.6 Å². The van der Waals surface area contributed by atoms with Crippen LogP contribution in [-0.4, -0.2) is 36.1 Å². The second-order valence-corrected chi connectivity index (χ2v) is 12.3. The fourth-order valence-electron chi connectivity index (χ4n) is 5.01. The Hall–Kier alpha value is -5.79. The minimum atomic E-state index is -0.569. The smallest absolute Gasteiger partial charge is 0.343 e. The van der Waals surface area contributed by atoms with Gasteiger partial charge in [-0.2, -0.15) is 5.26 Å². The van der Waals surface area contributed by atoms with Crippen LogP contribution in [0.1, 0.15) is 70.9 Å². The van der Waals surface area contributed by atoms with E-state index in [1.54, 1.807) is 72.8 Å². The SMILES string of the molecule is C=CC(=O)OCCCCCCOc1ccc(C(=O)Oc2ccc(OC(=O)c3ccc(CCC)cc3)c3nc(-c4ccc(C#N)cc4)sc23)cc1. The lowest BCUT2D eigenvalue weighted by atomic mass is 10.1. The molecule has 0 aliphatic rings. The van der Waals surface area contributed by atoms with Crippen LogP contribution in [0.15, 0.2) is 97.6 Å². The van der Waals surface area contributed by atoms with E-state index in [0.29, 0.717) is 50.9 Å². The van der Waals surface area contributed by atoms with E-state index in [-0.39, 0.29) is 11.5 Å². The normalized spacial score (nSPS) is 10.6. The van der Waals surface area contributed by atoms with Gasteiger partial charge in [-0.1, -0.05) is 44.2 Å². The Morgan fingerprint density at radius 1 is 0.800 bits per heavy atom. The van der Waals surface area contributed by atoms with Crippen molar-refractivity contribution >= 4 is 39.5 Å². The Bertz CT molecular complexity index is 1990. The third-order valence-corrected chi connectivity index (χ3v) is 8.79. The van der Waals surface area contributed by atoms with Crippen LogP contribution in [0.2, 0.25) is 0 Å². The molecule has 0 aliphatic heterocycles. The van der Waals surface area contributed by atoms with Gasteiger partial charge in [0.15, 0.2) is 11.5 Å². The second kappa shape index (κ2) is 17.6. The van der Waals surface area contributed by atoms with Gasteiger partial charge in [0.05, 0.1) is 36.0 Å². The van der Waals surface area contributed by atoms with E-state index in [1.807, 2.05) is 12.1 Å². The molecule has 0 aliphatic carbocycles. The molecule has 50 heavy (non-hydrogen) atoms. The zero-order chi connectivity index (χ0) is 35.3. The Balaban J connectivity index is 1.27. The van der Waals surface area contributed by atoms with Gasteiger partial charge in [0.25, 0.3) is 0 Å². The van der Waals surface area contributed by atoms with Gasteiger partial charge in [-0.15, -0.1) is 11.3 Å². The molecule has 4 aromatic carbocycles. The van der Waals surface area contributed by atoms with Gasteiger partial charge in [0.1, 0.15) is 21.0 Å². The van der Waals surface area contributed by atoms with E-state index in [0.717, 1.165) is 55.7 Å². The lowest BCUT2D eigenvalue weighted by Gasteiger charge is -2.10. The summed E-state index contributed by atoms with van der Waals surface area (Å²) in [5, 5.41) is 9.82. The van der Waals surface area contributed by atoms with E-state index in [4.69, 9.17) is 23.9 Å². The van der Waals surface area contributed by atoms with Gasteiger partial charge in [0, 0.05) is 11.6 Å². The summed E-state index contributed by atoms with van der Waals surface area (Å²) in [5.41, 5.74) is 3.53. The van der Waals surface area contributed by atoms with Crippen molar-refractivity contribution < 1.29 is 33.3 Å². The van der Waals surface area contributed by atoms with Gasteiger partial charge in [-0.25, -0.2) is 19.4 Å².